The third-order valence-electron chi connectivity index (χ3n) is 4.38. The molecule has 0 radical (unpaired) electrons. The maximum absolute atomic E-state index is 11.8. The van der Waals surface area contributed by atoms with Crippen LogP contribution < -0.4 is 0 Å². The highest BCUT2D eigenvalue weighted by molar-refractivity contribution is 5.99. The lowest BCUT2D eigenvalue weighted by Crippen LogP contribution is -2.46. The van der Waals surface area contributed by atoms with Gasteiger partial charge in [0, 0.05) is 23.7 Å². The van der Waals surface area contributed by atoms with Gasteiger partial charge in [0.05, 0.1) is 0 Å². The van der Waals surface area contributed by atoms with E-state index in [2.05, 4.69) is 0 Å². The maximum Gasteiger partial charge on any atom is 0.139 e. The average Bonchev–Trinajstić information content (AvgIpc) is 2.31. The van der Waals surface area contributed by atoms with Gasteiger partial charge < -0.3 is 0 Å². The summed E-state index contributed by atoms with van der Waals surface area (Å²) in [6, 6.07) is 0. The summed E-state index contributed by atoms with van der Waals surface area (Å²) in [7, 11) is 0. The van der Waals surface area contributed by atoms with Gasteiger partial charge in [0.25, 0.3) is 0 Å². The fraction of sp³-hybridized carbons (Fsp3) is 0.818. The van der Waals surface area contributed by atoms with E-state index in [1.807, 2.05) is 13.8 Å². The number of hydrogen-bond donors (Lipinski definition) is 0. The Balaban J connectivity index is 2.46. The first-order chi connectivity index (χ1) is 6.01. The summed E-state index contributed by atoms with van der Waals surface area (Å²) in [6.45, 7) is 3.97. The first kappa shape index (κ1) is 8.92. The van der Waals surface area contributed by atoms with Gasteiger partial charge in [-0.15, -0.1) is 0 Å². The zero-order chi connectivity index (χ0) is 9.69. The van der Waals surface area contributed by atoms with Crippen LogP contribution in [0.25, 0.3) is 0 Å². The number of Topliss-reactive ketones (excluding diaryl/α,β-unsaturated/α-hetero) is 2. The van der Waals surface area contributed by atoms with E-state index in [-0.39, 0.29) is 10.8 Å². The maximum atomic E-state index is 11.8. The minimum Gasteiger partial charge on any atom is -0.299 e. The summed E-state index contributed by atoms with van der Waals surface area (Å²) in [5.41, 5.74) is -0.662. The summed E-state index contributed by atoms with van der Waals surface area (Å²) in [6.07, 6.45) is 3.88. The first-order valence-corrected chi connectivity index (χ1v) is 5.07. The Morgan fingerprint density at radius 3 is 2.08 bits per heavy atom. The first-order valence-electron chi connectivity index (χ1n) is 5.07. The Hall–Kier alpha value is -0.660. The molecular formula is C11H16O2. The van der Waals surface area contributed by atoms with Crippen LogP contribution in [0.3, 0.4) is 0 Å². The highest BCUT2D eigenvalue weighted by atomic mass is 16.1. The second kappa shape index (κ2) is 2.43. The zero-order valence-corrected chi connectivity index (χ0v) is 8.35. The molecule has 0 bridgehead atoms. The van der Waals surface area contributed by atoms with Crippen molar-refractivity contribution in [1.82, 2.24) is 0 Å². The number of fused-ring (bicyclic) bond motifs is 1. The van der Waals surface area contributed by atoms with Crippen molar-refractivity contribution in [2.75, 3.05) is 0 Å². The summed E-state index contributed by atoms with van der Waals surface area (Å²) in [5, 5.41) is 0. The van der Waals surface area contributed by atoms with Crippen LogP contribution >= 0.6 is 0 Å². The van der Waals surface area contributed by atoms with Gasteiger partial charge in [-0.2, -0.15) is 0 Å². The Kier molecular flexibility index (Phi) is 1.67. The molecule has 2 aliphatic rings. The molecule has 2 fully saturated rings. The van der Waals surface area contributed by atoms with Crippen molar-refractivity contribution in [1.29, 1.82) is 0 Å². The van der Waals surface area contributed by atoms with Crippen molar-refractivity contribution < 1.29 is 9.59 Å². The summed E-state index contributed by atoms with van der Waals surface area (Å²) >= 11 is 0. The SMILES string of the molecule is C[C@@]12CCCC(=O)[C@@]1(C)CCC2=O. The van der Waals surface area contributed by atoms with E-state index in [0.29, 0.717) is 24.4 Å². The molecule has 72 valence electrons. The number of rotatable bonds is 0. The monoisotopic (exact) mass is 180 g/mol. The van der Waals surface area contributed by atoms with Gasteiger partial charge in [-0.3, -0.25) is 9.59 Å². The molecule has 2 saturated carbocycles. The molecule has 0 amide bonds. The highest BCUT2D eigenvalue weighted by Gasteiger charge is 2.59. The predicted octanol–water partition coefficient (Wildman–Crippen LogP) is 2.11. The summed E-state index contributed by atoms with van der Waals surface area (Å²) in [4.78, 5) is 23.5. The second-order valence-electron chi connectivity index (χ2n) is 4.86. The molecule has 2 atom stereocenters. The van der Waals surface area contributed by atoms with Gasteiger partial charge in [-0.05, 0) is 19.3 Å². The van der Waals surface area contributed by atoms with Crippen LogP contribution in [0.15, 0.2) is 0 Å². The quantitative estimate of drug-likeness (QED) is 0.572. The van der Waals surface area contributed by atoms with Gasteiger partial charge in [-0.25, -0.2) is 0 Å². The van der Waals surface area contributed by atoms with Gasteiger partial charge in [0.2, 0.25) is 0 Å². The molecule has 0 aromatic rings. The third kappa shape index (κ3) is 0.890. The molecule has 0 spiro atoms. The number of carbonyl (C=O) groups is 2. The molecule has 13 heavy (non-hydrogen) atoms. The van der Waals surface area contributed by atoms with Crippen molar-refractivity contribution in [3.05, 3.63) is 0 Å². The van der Waals surface area contributed by atoms with Gasteiger partial charge in [0.15, 0.2) is 0 Å². The van der Waals surface area contributed by atoms with Crippen molar-refractivity contribution in [2.24, 2.45) is 10.8 Å². The van der Waals surface area contributed by atoms with E-state index in [9.17, 15) is 9.59 Å². The molecule has 2 rings (SSSR count). The lowest BCUT2D eigenvalue weighted by atomic mass is 9.59. The topological polar surface area (TPSA) is 34.1 Å². The molecule has 0 heterocycles. The molecule has 0 aromatic carbocycles. The molecule has 2 aliphatic carbocycles. The Labute approximate surface area is 78.7 Å². The molecule has 0 aliphatic heterocycles. The standard InChI is InChI=1S/C11H16O2/c1-10-6-3-4-8(12)11(10,2)7-5-9(10)13/h3-7H2,1-2H3/t10-,11+/m0/s1. The van der Waals surface area contributed by atoms with E-state index in [0.717, 1.165) is 19.3 Å². The molecule has 2 heteroatoms. The average molecular weight is 180 g/mol. The lowest BCUT2D eigenvalue weighted by Gasteiger charge is -2.42. The lowest BCUT2D eigenvalue weighted by molar-refractivity contribution is -0.144. The van der Waals surface area contributed by atoms with Crippen LogP contribution in [-0.2, 0) is 9.59 Å². The minimum absolute atomic E-state index is 0.308. The van der Waals surface area contributed by atoms with Crippen LogP contribution in [-0.4, -0.2) is 11.6 Å². The highest BCUT2D eigenvalue weighted by Crippen LogP contribution is 2.56. The molecule has 0 saturated heterocycles. The van der Waals surface area contributed by atoms with Crippen LogP contribution in [0.2, 0.25) is 0 Å². The summed E-state index contributed by atoms with van der Waals surface area (Å²) in [5.74, 6) is 0.621. The van der Waals surface area contributed by atoms with Crippen molar-refractivity contribution in [2.45, 2.75) is 46.0 Å². The van der Waals surface area contributed by atoms with Crippen LogP contribution in [0, 0.1) is 10.8 Å². The van der Waals surface area contributed by atoms with E-state index >= 15 is 0 Å². The van der Waals surface area contributed by atoms with E-state index in [4.69, 9.17) is 0 Å². The Morgan fingerprint density at radius 2 is 1.46 bits per heavy atom. The van der Waals surface area contributed by atoms with Crippen molar-refractivity contribution in [3.8, 4) is 0 Å². The molecular weight excluding hydrogens is 164 g/mol. The van der Waals surface area contributed by atoms with Crippen LogP contribution in [0.5, 0.6) is 0 Å². The van der Waals surface area contributed by atoms with Crippen LogP contribution in [0.1, 0.15) is 46.0 Å². The zero-order valence-electron chi connectivity index (χ0n) is 8.35. The fourth-order valence-corrected chi connectivity index (χ4v) is 2.96. The third-order valence-corrected chi connectivity index (χ3v) is 4.38. The van der Waals surface area contributed by atoms with Crippen LogP contribution in [0.4, 0.5) is 0 Å². The number of carbonyl (C=O) groups excluding carboxylic acids is 2. The van der Waals surface area contributed by atoms with Gasteiger partial charge >= 0.3 is 0 Å². The van der Waals surface area contributed by atoms with Gasteiger partial charge in [-0.1, -0.05) is 13.8 Å². The van der Waals surface area contributed by atoms with E-state index in [1.54, 1.807) is 0 Å². The molecule has 2 nitrogen and oxygen atoms in total. The van der Waals surface area contributed by atoms with Gasteiger partial charge in [0.1, 0.15) is 11.6 Å². The molecule has 0 N–H and O–H groups in total. The van der Waals surface area contributed by atoms with E-state index in [1.165, 1.54) is 0 Å². The minimum atomic E-state index is -0.331. The Morgan fingerprint density at radius 1 is 0.923 bits per heavy atom. The van der Waals surface area contributed by atoms with Crippen molar-refractivity contribution in [3.63, 3.8) is 0 Å². The smallest absolute Gasteiger partial charge is 0.139 e. The van der Waals surface area contributed by atoms with Crippen molar-refractivity contribution >= 4 is 11.6 Å². The number of ketones is 2. The predicted molar refractivity (Wildman–Crippen MR) is 49.3 cm³/mol. The molecule has 0 unspecified atom stereocenters. The molecule has 0 aromatic heterocycles. The normalized spacial score (nSPS) is 45.1. The number of hydrogen-bond acceptors (Lipinski definition) is 2. The largest absolute Gasteiger partial charge is 0.299 e. The second-order valence-corrected chi connectivity index (χ2v) is 4.86. The fourth-order valence-electron chi connectivity index (χ4n) is 2.96. The Bertz CT molecular complexity index is 280. The summed E-state index contributed by atoms with van der Waals surface area (Å²) < 4.78 is 0. The van der Waals surface area contributed by atoms with E-state index < -0.39 is 0 Å².